The SMILES string of the molecule is C=C1C=CC2=C1C=CC2=C. The quantitative estimate of drug-likeness (QED) is 0.470. The Hall–Kier alpha value is -1.30. The van der Waals surface area contributed by atoms with Gasteiger partial charge in [0.05, 0.1) is 0 Å². The van der Waals surface area contributed by atoms with Crippen LogP contribution in [0.3, 0.4) is 0 Å². The summed E-state index contributed by atoms with van der Waals surface area (Å²) in [6, 6.07) is 0. The van der Waals surface area contributed by atoms with Gasteiger partial charge in [-0.3, -0.25) is 0 Å². The molecule has 0 atom stereocenters. The Kier molecular flexibility index (Phi) is 0.877. The first-order valence-electron chi connectivity index (χ1n) is 3.28. The highest BCUT2D eigenvalue weighted by atomic mass is 14.2. The van der Waals surface area contributed by atoms with Gasteiger partial charge in [0, 0.05) is 0 Å². The summed E-state index contributed by atoms with van der Waals surface area (Å²) in [7, 11) is 0. The molecule has 2 aliphatic rings. The molecule has 0 aromatic rings. The van der Waals surface area contributed by atoms with Crippen molar-refractivity contribution in [2.24, 2.45) is 0 Å². The third kappa shape index (κ3) is 0.508. The van der Waals surface area contributed by atoms with Crippen LogP contribution in [-0.4, -0.2) is 0 Å². The van der Waals surface area contributed by atoms with E-state index in [1.54, 1.807) is 0 Å². The van der Waals surface area contributed by atoms with Gasteiger partial charge in [-0.2, -0.15) is 0 Å². The standard InChI is InChI=1S/C10H8/c1-7-3-5-10-8(2)4-6-9(7)10/h3-6H,1-2H2. The molecule has 2 aliphatic carbocycles. The average Bonchev–Trinajstić information content (AvgIpc) is 2.41. The molecule has 0 bridgehead atoms. The van der Waals surface area contributed by atoms with E-state index in [0.717, 1.165) is 11.1 Å². The van der Waals surface area contributed by atoms with Crippen LogP contribution in [-0.2, 0) is 0 Å². The van der Waals surface area contributed by atoms with E-state index in [2.05, 4.69) is 25.3 Å². The minimum Gasteiger partial charge on any atom is -0.0911 e. The Balaban J connectivity index is 2.61. The highest BCUT2D eigenvalue weighted by molar-refractivity contribution is 5.69. The van der Waals surface area contributed by atoms with Crippen LogP contribution >= 0.6 is 0 Å². The van der Waals surface area contributed by atoms with Gasteiger partial charge in [-0.15, -0.1) is 0 Å². The zero-order valence-corrected chi connectivity index (χ0v) is 5.72. The van der Waals surface area contributed by atoms with Crippen LogP contribution in [0, 0.1) is 0 Å². The van der Waals surface area contributed by atoms with Crippen LogP contribution in [0.5, 0.6) is 0 Å². The molecule has 0 aromatic carbocycles. The third-order valence-corrected chi connectivity index (χ3v) is 1.88. The molecule has 0 saturated heterocycles. The summed E-state index contributed by atoms with van der Waals surface area (Å²) in [5, 5.41) is 0. The Morgan fingerprint density at radius 1 is 0.700 bits per heavy atom. The Morgan fingerprint density at radius 2 is 1.10 bits per heavy atom. The van der Waals surface area contributed by atoms with Gasteiger partial charge in [0.15, 0.2) is 0 Å². The van der Waals surface area contributed by atoms with Gasteiger partial charge in [0.25, 0.3) is 0 Å². The summed E-state index contributed by atoms with van der Waals surface area (Å²) in [6.45, 7) is 7.79. The summed E-state index contributed by atoms with van der Waals surface area (Å²) >= 11 is 0. The van der Waals surface area contributed by atoms with E-state index in [9.17, 15) is 0 Å². The summed E-state index contributed by atoms with van der Waals surface area (Å²) in [5.74, 6) is 0. The van der Waals surface area contributed by atoms with Gasteiger partial charge in [0.1, 0.15) is 0 Å². The lowest BCUT2D eigenvalue weighted by Gasteiger charge is -1.92. The summed E-state index contributed by atoms with van der Waals surface area (Å²) in [5.41, 5.74) is 4.69. The van der Waals surface area contributed by atoms with Gasteiger partial charge < -0.3 is 0 Å². The molecule has 0 N–H and O–H groups in total. The van der Waals surface area contributed by atoms with E-state index in [1.807, 2.05) is 12.2 Å². The average molecular weight is 128 g/mol. The third-order valence-electron chi connectivity index (χ3n) is 1.88. The van der Waals surface area contributed by atoms with E-state index >= 15 is 0 Å². The molecule has 0 heteroatoms. The van der Waals surface area contributed by atoms with Crippen LogP contribution < -0.4 is 0 Å². The molecule has 0 saturated carbocycles. The predicted molar refractivity (Wildman–Crippen MR) is 43.6 cm³/mol. The highest BCUT2D eigenvalue weighted by Crippen LogP contribution is 2.33. The van der Waals surface area contributed by atoms with Crippen molar-refractivity contribution in [2.75, 3.05) is 0 Å². The topological polar surface area (TPSA) is 0 Å². The lowest BCUT2D eigenvalue weighted by atomic mass is 10.1. The monoisotopic (exact) mass is 128 g/mol. The zero-order chi connectivity index (χ0) is 7.14. The van der Waals surface area contributed by atoms with Gasteiger partial charge >= 0.3 is 0 Å². The maximum atomic E-state index is 3.89. The molecule has 0 radical (unpaired) electrons. The molecule has 0 unspecified atom stereocenters. The first kappa shape index (κ1) is 5.48. The normalized spacial score (nSPS) is 21.2. The highest BCUT2D eigenvalue weighted by Gasteiger charge is 2.15. The fourth-order valence-corrected chi connectivity index (χ4v) is 1.29. The van der Waals surface area contributed by atoms with Crippen LogP contribution in [0.2, 0.25) is 0 Å². The molecule has 48 valence electrons. The van der Waals surface area contributed by atoms with Crippen molar-refractivity contribution in [1.82, 2.24) is 0 Å². The number of rotatable bonds is 0. The van der Waals surface area contributed by atoms with Crippen molar-refractivity contribution < 1.29 is 0 Å². The zero-order valence-electron chi connectivity index (χ0n) is 5.72. The van der Waals surface area contributed by atoms with Crippen molar-refractivity contribution in [1.29, 1.82) is 0 Å². The van der Waals surface area contributed by atoms with E-state index in [0.29, 0.717) is 0 Å². The van der Waals surface area contributed by atoms with Crippen LogP contribution in [0.1, 0.15) is 0 Å². The molecule has 0 aliphatic heterocycles. The Labute approximate surface area is 60.6 Å². The van der Waals surface area contributed by atoms with Gasteiger partial charge in [-0.1, -0.05) is 37.5 Å². The van der Waals surface area contributed by atoms with E-state index in [4.69, 9.17) is 0 Å². The van der Waals surface area contributed by atoms with Crippen molar-refractivity contribution >= 4 is 0 Å². The second-order valence-corrected chi connectivity index (χ2v) is 2.54. The lowest BCUT2D eigenvalue weighted by molar-refractivity contribution is 1.61. The minimum atomic E-state index is 1.10. The van der Waals surface area contributed by atoms with E-state index in [1.165, 1.54) is 11.1 Å². The molecule has 0 aromatic heterocycles. The fraction of sp³-hybridized carbons (Fsp3) is 0. The lowest BCUT2D eigenvalue weighted by Crippen LogP contribution is -1.74. The Morgan fingerprint density at radius 3 is 1.50 bits per heavy atom. The van der Waals surface area contributed by atoms with E-state index in [-0.39, 0.29) is 0 Å². The summed E-state index contributed by atoms with van der Waals surface area (Å²) < 4.78 is 0. The van der Waals surface area contributed by atoms with E-state index < -0.39 is 0 Å². The molecule has 0 heterocycles. The molecule has 0 spiro atoms. The van der Waals surface area contributed by atoms with Gasteiger partial charge in [0.2, 0.25) is 0 Å². The van der Waals surface area contributed by atoms with Crippen LogP contribution in [0.25, 0.3) is 0 Å². The summed E-state index contributed by atoms with van der Waals surface area (Å²) in [6.07, 6.45) is 8.19. The molecular formula is C10H8. The minimum absolute atomic E-state index is 1.10. The summed E-state index contributed by atoms with van der Waals surface area (Å²) in [4.78, 5) is 0. The fourth-order valence-electron chi connectivity index (χ4n) is 1.29. The first-order valence-corrected chi connectivity index (χ1v) is 3.28. The molecule has 10 heavy (non-hydrogen) atoms. The van der Waals surface area contributed by atoms with Crippen molar-refractivity contribution in [3.63, 3.8) is 0 Å². The predicted octanol–water partition coefficient (Wildman–Crippen LogP) is 2.54. The second kappa shape index (κ2) is 1.60. The van der Waals surface area contributed by atoms with Crippen molar-refractivity contribution in [3.05, 3.63) is 59.8 Å². The largest absolute Gasteiger partial charge is 0.0911 e. The maximum Gasteiger partial charge on any atom is -0.0111 e. The number of hydrogen-bond acceptors (Lipinski definition) is 0. The molecule has 2 rings (SSSR count). The molecule has 0 fully saturated rings. The van der Waals surface area contributed by atoms with Crippen LogP contribution in [0.4, 0.5) is 0 Å². The van der Waals surface area contributed by atoms with Crippen LogP contribution in [0.15, 0.2) is 59.8 Å². The first-order chi connectivity index (χ1) is 4.79. The van der Waals surface area contributed by atoms with Crippen molar-refractivity contribution in [3.8, 4) is 0 Å². The number of hydrogen-bond donors (Lipinski definition) is 0. The van der Waals surface area contributed by atoms with Gasteiger partial charge in [-0.05, 0) is 22.3 Å². The number of allylic oxidation sites excluding steroid dienone is 8. The molecule has 0 amide bonds. The maximum absolute atomic E-state index is 3.89. The smallest absolute Gasteiger partial charge is 0.0111 e. The van der Waals surface area contributed by atoms with Crippen molar-refractivity contribution in [2.45, 2.75) is 0 Å². The molecule has 0 nitrogen and oxygen atoms in total. The molecular weight excluding hydrogens is 120 g/mol. The van der Waals surface area contributed by atoms with Gasteiger partial charge in [-0.25, -0.2) is 0 Å². The second-order valence-electron chi connectivity index (χ2n) is 2.54. The Bertz CT molecular complexity index is 277.